The number of benzene rings is 4. The van der Waals surface area contributed by atoms with Crippen LogP contribution in [0.3, 0.4) is 0 Å². The van der Waals surface area contributed by atoms with Crippen LogP contribution in [0.25, 0.3) is 22.0 Å². The number of aromatic nitrogens is 2. The lowest BCUT2D eigenvalue weighted by molar-refractivity contribution is -0.154. The molecule has 4 aromatic carbocycles. The fourth-order valence-corrected chi connectivity index (χ4v) is 12.0. The number of rotatable bonds is 27. The van der Waals surface area contributed by atoms with Gasteiger partial charge in [0.1, 0.15) is 47.1 Å². The molecule has 22 heteroatoms. The van der Waals surface area contributed by atoms with Gasteiger partial charge in [0.2, 0.25) is 11.8 Å². The van der Waals surface area contributed by atoms with E-state index in [0.717, 1.165) is 42.7 Å². The van der Waals surface area contributed by atoms with E-state index < -0.39 is 77.1 Å². The smallest absolute Gasteiger partial charge is 0.419 e. The topological polar surface area (TPSA) is 247 Å². The van der Waals surface area contributed by atoms with Crippen LogP contribution in [-0.2, 0) is 57.6 Å². The van der Waals surface area contributed by atoms with Gasteiger partial charge in [0, 0.05) is 72.7 Å². The number of hydrogen-bond donors (Lipinski definition) is 5. The second-order valence-electron chi connectivity index (χ2n) is 25.1. The summed E-state index contributed by atoms with van der Waals surface area (Å²) in [5, 5.41) is 16.2. The molecule has 0 saturated heterocycles. The maximum absolute atomic E-state index is 15.2. The van der Waals surface area contributed by atoms with Gasteiger partial charge in [-0.3, -0.25) is 14.2 Å². The second kappa shape index (κ2) is 32.2. The summed E-state index contributed by atoms with van der Waals surface area (Å²) in [4.78, 5) is 104. The Hall–Kier alpha value is -8.21. The average molecular weight is 1330 g/mol. The molecule has 2 aromatic heterocycles. The molecule has 20 nitrogen and oxygen atoms in total. The Morgan fingerprint density at radius 3 is 1.95 bits per heavy atom. The van der Waals surface area contributed by atoms with E-state index in [1.807, 2.05) is 54.6 Å². The van der Waals surface area contributed by atoms with Gasteiger partial charge in [0.15, 0.2) is 0 Å². The fraction of sp³-hybridized carbons (Fsp3) is 0.420. The van der Waals surface area contributed by atoms with Crippen molar-refractivity contribution in [3.63, 3.8) is 0 Å². The number of amides is 5. The molecule has 0 bridgehead atoms. The van der Waals surface area contributed by atoms with E-state index in [2.05, 4.69) is 73.4 Å². The number of alkyl carbamates (subject to hydrolysis) is 3. The maximum atomic E-state index is 15.2. The molecule has 1 aliphatic rings. The van der Waals surface area contributed by atoms with Gasteiger partial charge in [-0.05, 0) is 158 Å². The molecule has 0 fully saturated rings. The van der Waals surface area contributed by atoms with Crippen molar-refractivity contribution in [3.8, 4) is 11.1 Å². The number of esters is 1. The maximum Gasteiger partial charge on any atom is 0.419 e. The van der Waals surface area contributed by atoms with Crippen molar-refractivity contribution >= 4 is 80.8 Å². The Morgan fingerprint density at radius 1 is 0.681 bits per heavy atom. The standard InChI is InChI=1S/C69H85BrN8O12S/c1-12-38-86-62(81)57(39-45-42-78(66(85)90-69(8,9)10)56-33-18-17-25-46(45)56)77(11)61(80)55(31-19-20-35-72-64(83)88-67(2,3)4)76-59(79)54(32-23-37-73-65(84)89-68(5,6)7)74-40-44-24-22-36-71-60(44)91-58-34-21-30-53(70)51(58)41-75-63(82)87-43-52-49-28-15-13-26-47(49)48-27-14-16-29-50(48)52/h12-18,21-22,24-30,33-34,36,42,52,54-55,57,74H,1,19-20,23,31-32,35,37-41,43H2,2-11H3,(H,72,83)(H,73,84)(H,75,82)(H,76,79)/t54-,55-,57-/m0/s1. The normalized spacial score (nSPS) is 13.1. The number of para-hydroxylation sites is 1. The van der Waals surface area contributed by atoms with Gasteiger partial charge < -0.3 is 55.2 Å². The lowest BCUT2D eigenvalue weighted by Crippen LogP contribution is -2.56. The molecular weight excluding hydrogens is 1240 g/mol. The third-order valence-corrected chi connectivity index (χ3v) is 16.4. The lowest BCUT2D eigenvalue weighted by Gasteiger charge is -2.31. The third-order valence-electron chi connectivity index (χ3n) is 14.5. The average Bonchev–Trinajstić information content (AvgIpc) is 1.69. The van der Waals surface area contributed by atoms with Crippen LogP contribution >= 0.6 is 27.7 Å². The highest BCUT2D eigenvalue weighted by Crippen LogP contribution is 2.44. The third kappa shape index (κ3) is 20.7. The van der Waals surface area contributed by atoms with Crippen molar-refractivity contribution in [2.75, 3.05) is 33.4 Å². The number of ether oxygens (including phenoxy) is 5. The van der Waals surface area contributed by atoms with Crippen LogP contribution in [0.1, 0.15) is 128 Å². The van der Waals surface area contributed by atoms with E-state index >= 15 is 9.59 Å². The number of carbonyl (C=O) groups is 7. The van der Waals surface area contributed by atoms with Crippen LogP contribution in [0.15, 0.2) is 143 Å². The van der Waals surface area contributed by atoms with E-state index in [0.29, 0.717) is 40.8 Å². The molecule has 0 radical (unpaired) electrons. The summed E-state index contributed by atoms with van der Waals surface area (Å²) in [6.45, 7) is 20.1. The first-order valence-electron chi connectivity index (χ1n) is 30.5. The molecule has 5 amide bonds. The number of hydrogen-bond acceptors (Lipinski definition) is 15. The number of halogens is 1. The molecule has 0 aliphatic heterocycles. The van der Waals surface area contributed by atoms with Gasteiger partial charge in [0.05, 0.1) is 11.6 Å². The highest BCUT2D eigenvalue weighted by atomic mass is 79.9. The molecular formula is C69H85BrN8O12S. The Labute approximate surface area is 545 Å². The van der Waals surface area contributed by atoms with Crippen molar-refractivity contribution in [1.29, 1.82) is 0 Å². The van der Waals surface area contributed by atoms with Crippen molar-refractivity contribution < 1.29 is 57.2 Å². The number of nitrogens with one attached hydrogen (secondary N) is 5. The van der Waals surface area contributed by atoms with Gasteiger partial charge in [-0.15, -0.1) is 0 Å². The van der Waals surface area contributed by atoms with Gasteiger partial charge in [-0.2, -0.15) is 0 Å². The van der Waals surface area contributed by atoms with Crippen LogP contribution < -0.4 is 26.6 Å². The minimum absolute atomic E-state index is 0.0821. The fourth-order valence-electron chi connectivity index (χ4n) is 10.3. The molecule has 0 spiro atoms. The second-order valence-corrected chi connectivity index (χ2v) is 26.9. The minimum atomic E-state index is -1.26. The first kappa shape index (κ1) is 70.3. The highest BCUT2D eigenvalue weighted by molar-refractivity contribution is 9.10. The van der Waals surface area contributed by atoms with Crippen LogP contribution in [0.2, 0.25) is 0 Å². The monoisotopic (exact) mass is 1330 g/mol. The Bertz CT molecular complexity index is 3510. The van der Waals surface area contributed by atoms with Crippen molar-refractivity contribution in [2.45, 2.75) is 165 Å². The van der Waals surface area contributed by atoms with Crippen molar-refractivity contribution in [3.05, 3.63) is 160 Å². The molecule has 7 rings (SSSR count). The lowest BCUT2D eigenvalue weighted by atomic mass is 9.98. The first-order valence-corrected chi connectivity index (χ1v) is 32.1. The van der Waals surface area contributed by atoms with E-state index in [1.165, 1.54) is 34.4 Å². The van der Waals surface area contributed by atoms with Crippen molar-refractivity contribution in [2.24, 2.45) is 0 Å². The summed E-state index contributed by atoms with van der Waals surface area (Å²) < 4.78 is 30.3. The van der Waals surface area contributed by atoms with E-state index in [9.17, 15) is 24.0 Å². The summed E-state index contributed by atoms with van der Waals surface area (Å²) >= 11 is 5.08. The van der Waals surface area contributed by atoms with Gasteiger partial charge in [-0.1, -0.05) is 119 Å². The quantitative estimate of drug-likeness (QED) is 0.0139. The number of fused-ring (bicyclic) bond motifs is 4. The van der Waals surface area contributed by atoms with Gasteiger partial charge >= 0.3 is 30.3 Å². The molecule has 2 heterocycles. The van der Waals surface area contributed by atoms with Gasteiger partial charge in [-0.25, -0.2) is 29.0 Å². The molecule has 486 valence electrons. The van der Waals surface area contributed by atoms with Crippen LogP contribution in [0.4, 0.5) is 19.2 Å². The largest absolute Gasteiger partial charge is 0.460 e. The zero-order valence-electron chi connectivity index (χ0n) is 53.6. The molecule has 5 N–H and O–H groups in total. The van der Waals surface area contributed by atoms with Gasteiger partial charge in [0.25, 0.3) is 0 Å². The summed E-state index contributed by atoms with van der Waals surface area (Å²) in [7, 11) is 1.46. The SMILES string of the molecule is C=CCOC(=O)[C@H](Cc1cn(C(=O)OC(C)(C)C)c2ccccc12)N(C)C(=O)[C@H](CCCCNC(=O)OC(C)(C)C)NC(=O)[C@H](CCCNC(=O)OC(C)(C)C)NCc1cccnc1Sc1cccc(Br)c1CNC(=O)OCC1c2ccccc2-c2ccccc21. The summed E-state index contributed by atoms with van der Waals surface area (Å²) in [6, 6.07) is 29.4. The van der Waals surface area contributed by atoms with E-state index in [4.69, 9.17) is 28.7 Å². The number of unbranched alkanes of at least 4 members (excludes halogenated alkanes) is 1. The number of nitrogens with zero attached hydrogens (tertiary/aromatic N) is 3. The van der Waals surface area contributed by atoms with E-state index in [1.54, 1.807) is 99.0 Å². The Balaban J connectivity index is 1.11. The summed E-state index contributed by atoms with van der Waals surface area (Å²) in [6.07, 6.45) is 3.44. The Kier molecular flexibility index (Phi) is 24.8. The van der Waals surface area contributed by atoms with Crippen LogP contribution in [0, 0.1) is 0 Å². The molecule has 3 atom stereocenters. The predicted molar refractivity (Wildman–Crippen MR) is 354 cm³/mol. The van der Waals surface area contributed by atoms with E-state index in [-0.39, 0.29) is 64.6 Å². The molecule has 91 heavy (non-hydrogen) atoms. The number of pyridine rings is 1. The van der Waals surface area contributed by atoms with Crippen LogP contribution in [0.5, 0.6) is 0 Å². The number of carbonyl (C=O) groups excluding carboxylic acids is 7. The zero-order chi connectivity index (χ0) is 66.0. The highest BCUT2D eigenvalue weighted by Gasteiger charge is 2.36. The summed E-state index contributed by atoms with van der Waals surface area (Å²) in [5.41, 5.74) is 4.78. The molecule has 0 unspecified atom stereocenters. The van der Waals surface area contributed by atoms with Crippen LogP contribution in [-0.4, -0.2) is 125 Å². The molecule has 6 aromatic rings. The van der Waals surface area contributed by atoms with Crippen molar-refractivity contribution in [1.82, 2.24) is 41.0 Å². The minimum Gasteiger partial charge on any atom is -0.460 e. The molecule has 0 saturated carbocycles. The Morgan fingerprint density at radius 2 is 1.30 bits per heavy atom. The number of likely N-dealkylation sites (N-methyl/N-ethyl adjacent to an activating group) is 1. The summed E-state index contributed by atoms with van der Waals surface area (Å²) in [5.74, 6) is -2.02. The zero-order valence-corrected chi connectivity index (χ0v) is 56.0. The molecule has 1 aliphatic carbocycles. The predicted octanol–water partition coefficient (Wildman–Crippen LogP) is 12.5. The first-order chi connectivity index (χ1) is 43.2.